The van der Waals surface area contributed by atoms with Gasteiger partial charge in [0, 0.05) is 13.0 Å². The number of carbonyl (C=O) groups excluding carboxylic acids is 1. The van der Waals surface area contributed by atoms with Gasteiger partial charge in [-0.3, -0.25) is 4.79 Å². The molecule has 1 atom stereocenters. The summed E-state index contributed by atoms with van der Waals surface area (Å²) in [7, 11) is 0. The molecule has 0 spiro atoms. The van der Waals surface area contributed by atoms with Gasteiger partial charge >= 0.3 is 12.1 Å². The molecule has 5 nitrogen and oxygen atoms in total. The van der Waals surface area contributed by atoms with Crippen LogP contribution in [0.5, 0.6) is 0 Å². The van der Waals surface area contributed by atoms with Gasteiger partial charge in [-0.15, -0.1) is 0 Å². The first-order valence-electron chi connectivity index (χ1n) is 6.50. The molecule has 0 aliphatic heterocycles. The number of alkyl halides is 3. The SMILES string of the molecule is CCOCC(=O)N[C@@H](Cc1ccc(C(F)(F)F)cc1)C(=O)O. The van der Waals surface area contributed by atoms with Crippen molar-refractivity contribution < 1.29 is 32.6 Å². The Morgan fingerprint density at radius 1 is 1.27 bits per heavy atom. The monoisotopic (exact) mass is 319 g/mol. The summed E-state index contributed by atoms with van der Waals surface area (Å²) in [5, 5.41) is 11.3. The fourth-order valence-electron chi connectivity index (χ4n) is 1.70. The van der Waals surface area contributed by atoms with Crippen LogP contribution in [-0.4, -0.2) is 36.2 Å². The molecule has 0 fully saturated rings. The lowest BCUT2D eigenvalue weighted by Gasteiger charge is -2.15. The fourth-order valence-corrected chi connectivity index (χ4v) is 1.70. The predicted molar refractivity (Wildman–Crippen MR) is 71.2 cm³/mol. The number of ether oxygens (including phenoxy) is 1. The van der Waals surface area contributed by atoms with E-state index < -0.39 is 29.7 Å². The number of carboxylic acid groups (broad SMARTS) is 1. The van der Waals surface area contributed by atoms with Crippen molar-refractivity contribution in [3.63, 3.8) is 0 Å². The van der Waals surface area contributed by atoms with E-state index in [1.165, 1.54) is 12.1 Å². The molecule has 1 amide bonds. The van der Waals surface area contributed by atoms with Crippen LogP contribution >= 0.6 is 0 Å². The summed E-state index contributed by atoms with van der Waals surface area (Å²) in [6.45, 7) is 1.72. The zero-order valence-corrected chi connectivity index (χ0v) is 11.8. The first-order valence-corrected chi connectivity index (χ1v) is 6.50. The molecule has 0 saturated carbocycles. The van der Waals surface area contributed by atoms with Gasteiger partial charge in [-0.2, -0.15) is 13.2 Å². The number of hydrogen-bond donors (Lipinski definition) is 2. The van der Waals surface area contributed by atoms with E-state index in [0.717, 1.165) is 12.1 Å². The van der Waals surface area contributed by atoms with Gasteiger partial charge in [-0.25, -0.2) is 4.79 Å². The number of amides is 1. The number of carboxylic acids is 1. The second-order valence-electron chi connectivity index (χ2n) is 4.49. The molecule has 0 heterocycles. The van der Waals surface area contributed by atoms with Crippen molar-refractivity contribution in [3.8, 4) is 0 Å². The summed E-state index contributed by atoms with van der Waals surface area (Å²) in [4.78, 5) is 22.5. The number of nitrogens with one attached hydrogen (secondary N) is 1. The standard InChI is InChI=1S/C14H16F3NO4/c1-2-22-8-12(19)18-11(13(20)21)7-9-3-5-10(6-4-9)14(15,16)17/h3-6,11H,2,7-8H2,1H3,(H,18,19)(H,20,21)/t11-/m0/s1. The van der Waals surface area contributed by atoms with Gasteiger partial charge < -0.3 is 15.2 Å². The van der Waals surface area contributed by atoms with Crippen molar-refractivity contribution in [1.29, 1.82) is 0 Å². The molecular weight excluding hydrogens is 303 g/mol. The summed E-state index contributed by atoms with van der Waals surface area (Å²) < 4.78 is 42.2. The van der Waals surface area contributed by atoms with Crippen LogP contribution in [0.25, 0.3) is 0 Å². The van der Waals surface area contributed by atoms with E-state index in [2.05, 4.69) is 5.32 Å². The van der Waals surface area contributed by atoms with Crippen LogP contribution in [0.1, 0.15) is 18.1 Å². The van der Waals surface area contributed by atoms with Gasteiger partial charge in [0.05, 0.1) is 5.56 Å². The number of hydrogen-bond acceptors (Lipinski definition) is 3. The average Bonchev–Trinajstić information content (AvgIpc) is 2.44. The van der Waals surface area contributed by atoms with Crippen LogP contribution < -0.4 is 5.32 Å². The highest BCUT2D eigenvalue weighted by Crippen LogP contribution is 2.29. The van der Waals surface area contributed by atoms with E-state index in [4.69, 9.17) is 9.84 Å². The predicted octanol–water partition coefficient (Wildman–Crippen LogP) is 1.85. The average molecular weight is 319 g/mol. The van der Waals surface area contributed by atoms with Crippen LogP contribution in [0.2, 0.25) is 0 Å². The van der Waals surface area contributed by atoms with E-state index in [0.29, 0.717) is 12.2 Å². The summed E-state index contributed by atoms with van der Waals surface area (Å²) in [5.41, 5.74) is -0.444. The van der Waals surface area contributed by atoms with Gasteiger partial charge in [-0.1, -0.05) is 12.1 Å². The molecule has 1 aromatic rings. The molecule has 0 aliphatic rings. The van der Waals surface area contributed by atoms with E-state index in [9.17, 15) is 22.8 Å². The minimum absolute atomic E-state index is 0.120. The van der Waals surface area contributed by atoms with Crippen molar-refractivity contribution in [2.24, 2.45) is 0 Å². The second kappa shape index (κ2) is 7.79. The molecule has 0 saturated heterocycles. The number of benzene rings is 1. The van der Waals surface area contributed by atoms with E-state index in [1.807, 2.05) is 0 Å². The maximum Gasteiger partial charge on any atom is 0.416 e. The maximum atomic E-state index is 12.4. The van der Waals surface area contributed by atoms with Gasteiger partial charge in [0.1, 0.15) is 12.6 Å². The third kappa shape index (κ3) is 5.72. The zero-order valence-electron chi connectivity index (χ0n) is 11.8. The molecule has 0 aromatic heterocycles. The normalized spacial score (nSPS) is 12.7. The van der Waals surface area contributed by atoms with Crippen molar-refractivity contribution in [3.05, 3.63) is 35.4 Å². The highest BCUT2D eigenvalue weighted by atomic mass is 19.4. The Bertz CT molecular complexity index is 514. The van der Waals surface area contributed by atoms with Gasteiger partial charge in [0.25, 0.3) is 0 Å². The number of aliphatic carboxylic acids is 1. The maximum absolute atomic E-state index is 12.4. The Labute approximate surface area is 125 Å². The quantitative estimate of drug-likeness (QED) is 0.804. The van der Waals surface area contributed by atoms with Crippen molar-refractivity contribution >= 4 is 11.9 Å². The van der Waals surface area contributed by atoms with Crippen LogP contribution in [0.4, 0.5) is 13.2 Å². The van der Waals surface area contributed by atoms with E-state index in [1.54, 1.807) is 6.92 Å². The summed E-state index contributed by atoms with van der Waals surface area (Å²) >= 11 is 0. The molecule has 122 valence electrons. The van der Waals surface area contributed by atoms with Crippen LogP contribution in [0, 0.1) is 0 Å². The molecule has 22 heavy (non-hydrogen) atoms. The number of carbonyl (C=O) groups is 2. The lowest BCUT2D eigenvalue weighted by Crippen LogP contribution is -2.43. The molecule has 0 radical (unpaired) electrons. The fraction of sp³-hybridized carbons (Fsp3) is 0.429. The van der Waals surface area contributed by atoms with Gasteiger partial charge in [0.2, 0.25) is 5.91 Å². The highest BCUT2D eigenvalue weighted by Gasteiger charge is 2.30. The Morgan fingerprint density at radius 2 is 1.86 bits per heavy atom. The van der Waals surface area contributed by atoms with Crippen LogP contribution in [0.15, 0.2) is 24.3 Å². The zero-order chi connectivity index (χ0) is 16.8. The summed E-state index contributed by atoms with van der Waals surface area (Å²) in [6, 6.07) is 2.89. The molecular formula is C14H16F3NO4. The molecule has 1 rings (SSSR count). The van der Waals surface area contributed by atoms with Gasteiger partial charge in [0.15, 0.2) is 0 Å². The lowest BCUT2D eigenvalue weighted by atomic mass is 10.0. The smallest absolute Gasteiger partial charge is 0.416 e. The Kier molecular flexibility index (Phi) is 6.36. The molecule has 0 unspecified atom stereocenters. The van der Waals surface area contributed by atoms with Crippen molar-refractivity contribution in [2.45, 2.75) is 25.6 Å². The number of halogens is 3. The first kappa shape index (κ1) is 18.0. The Hall–Kier alpha value is -2.09. The molecule has 0 aliphatic carbocycles. The third-order valence-electron chi connectivity index (χ3n) is 2.79. The van der Waals surface area contributed by atoms with Crippen LogP contribution in [-0.2, 0) is 26.9 Å². The van der Waals surface area contributed by atoms with Crippen molar-refractivity contribution in [2.75, 3.05) is 13.2 Å². The Morgan fingerprint density at radius 3 is 2.32 bits per heavy atom. The topological polar surface area (TPSA) is 75.6 Å². The van der Waals surface area contributed by atoms with E-state index in [-0.39, 0.29) is 13.0 Å². The number of rotatable bonds is 7. The highest BCUT2D eigenvalue weighted by molar-refractivity contribution is 5.84. The Balaban J connectivity index is 2.71. The molecule has 2 N–H and O–H groups in total. The van der Waals surface area contributed by atoms with Crippen LogP contribution in [0.3, 0.4) is 0 Å². The largest absolute Gasteiger partial charge is 0.480 e. The molecule has 1 aromatic carbocycles. The molecule has 8 heteroatoms. The summed E-state index contributed by atoms with van der Waals surface area (Å²) in [5.74, 6) is -1.87. The minimum Gasteiger partial charge on any atom is -0.480 e. The van der Waals surface area contributed by atoms with Gasteiger partial charge in [-0.05, 0) is 24.6 Å². The first-order chi connectivity index (χ1) is 10.2. The third-order valence-corrected chi connectivity index (χ3v) is 2.79. The molecule has 0 bridgehead atoms. The van der Waals surface area contributed by atoms with Crippen molar-refractivity contribution in [1.82, 2.24) is 5.32 Å². The second-order valence-corrected chi connectivity index (χ2v) is 4.49. The lowest BCUT2D eigenvalue weighted by molar-refractivity contribution is -0.142. The minimum atomic E-state index is -4.45. The summed E-state index contributed by atoms with van der Waals surface area (Å²) in [6.07, 6.45) is -4.57. The van der Waals surface area contributed by atoms with E-state index >= 15 is 0 Å².